The third-order valence-corrected chi connectivity index (χ3v) is 3.56. The van der Waals surface area contributed by atoms with Crippen LogP contribution in [0.4, 0.5) is 5.82 Å². The van der Waals surface area contributed by atoms with Crippen molar-refractivity contribution in [3.05, 3.63) is 23.1 Å². The molecule has 0 amide bonds. The fourth-order valence-electron chi connectivity index (χ4n) is 1.78. The van der Waals surface area contributed by atoms with Gasteiger partial charge in [0.05, 0.1) is 19.8 Å². The lowest BCUT2D eigenvalue weighted by atomic mass is 10.1. The fraction of sp³-hybridized carbons (Fsp3) is 0.308. The molecule has 0 saturated heterocycles. The van der Waals surface area contributed by atoms with Crippen molar-refractivity contribution in [3.63, 3.8) is 0 Å². The largest absolute Gasteiger partial charge is 0.497 e. The standard InChI is InChI=1S/C13H16N2O2S/c1-8-5-9(16-3)6-10(17-4)12(8)13-15-11(14-2)7-18-13/h5-7,14H,1-4H3. The summed E-state index contributed by atoms with van der Waals surface area (Å²) in [7, 11) is 5.16. The first-order valence-electron chi connectivity index (χ1n) is 5.56. The third-order valence-electron chi connectivity index (χ3n) is 2.70. The summed E-state index contributed by atoms with van der Waals surface area (Å²) >= 11 is 1.59. The molecule has 4 nitrogen and oxygen atoms in total. The van der Waals surface area contributed by atoms with E-state index in [0.29, 0.717) is 0 Å². The van der Waals surface area contributed by atoms with Crippen LogP contribution in [-0.2, 0) is 0 Å². The minimum Gasteiger partial charge on any atom is -0.497 e. The Morgan fingerprint density at radius 2 is 2.00 bits per heavy atom. The summed E-state index contributed by atoms with van der Waals surface area (Å²) in [6.07, 6.45) is 0. The Balaban J connectivity index is 2.55. The van der Waals surface area contributed by atoms with E-state index in [1.165, 1.54) is 0 Å². The predicted octanol–water partition coefficient (Wildman–Crippen LogP) is 3.18. The lowest BCUT2D eigenvalue weighted by Gasteiger charge is -2.11. The van der Waals surface area contributed by atoms with E-state index in [1.807, 2.05) is 31.5 Å². The van der Waals surface area contributed by atoms with Gasteiger partial charge in [-0.2, -0.15) is 0 Å². The molecule has 5 heteroatoms. The van der Waals surface area contributed by atoms with Crippen molar-refractivity contribution in [1.82, 2.24) is 4.98 Å². The minimum absolute atomic E-state index is 0.781. The number of thiazole rings is 1. The molecule has 0 fully saturated rings. The number of hydrogen-bond acceptors (Lipinski definition) is 5. The van der Waals surface area contributed by atoms with Crippen molar-refractivity contribution >= 4 is 17.2 Å². The maximum absolute atomic E-state index is 5.43. The van der Waals surface area contributed by atoms with Crippen molar-refractivity contribution < 1.29 is 9.47 Å². The summed E-state index contributed by atoms with van der Waals surface area (Å²) in [5, 5.41) is 5.96. The molecule has 0 spiro atoms. The van der Waals surface area contributed by atoms with Crippen LogP contribution < -0.4 is 14.8 Å². The summed E-state index contributed by atoms with van der Waals surface area (Å²) in [5.74, 6) is 2.44. The molecule has 0 saturated carbocycles. The minimum atomic E-state index is 0.781. The van der Waals surface area contributed by atoms with Gasteiger partial charge in [-0.25, -0.2) is 4.98 Å². The third kappa shape index (κ3) is 2.26. The average molecular weight is 264 g/mol. The van der Waals surface area contributed by atoms with Crippen LogP contribution in [0.1, 0.15) is 5.56 Å². The monoisotopic (exact) mass is 264 g/mol. The molecular weight excluding hydrogens is 248 g/mol. The van der Waals surface area contributed by atoms with Gasteiger partial charge in [-0.3, -0.25) is 0 Å². The number of rotatable bonds is 4. The van der Waals surface area contributed by atoms with E-state index in [9.17, 15) is 0 Å². The molecule has 1 N–H and O–H groups in total. The van der Waals surface area contributed by atoms with Crippen molar-refractivity contribution in [1.29, 1.82) is 0 Å². The van der Waals surface area contributed by atoms with Gasteiger partial charge >= 0.3 is 0 Å². The highest BCUT2D eigenvalue weighted by Gasteiger charge is 2.14. The van der Waals surface area contributed by atoms with Crippen LogP contribution in [0.5, 0.6) is 11.5 Å². The molecule has 1 aromatic heterocycles. The fourth-order valence-corrected chi connectivity index (χ4v) is 2.70. The molecule has 2 rings (SSSR count). The zero-order chi connectivity index (χ0) is 13.1. The summed E-state index contributed by atoms with van der Waals surface area (Å²) in [6, 6.07) is 3.86. The summed E-state index contributed by atoms with van der Waals surface area (Å²) in [5.41, 5.74) is 2.10. The molecule has 0 aliphatic rings. The first kappa shape index (κ1) is 12.7. The molecule has 0 aliphatic carbocycles. The normalized spacial score (nSPS) is 10.2. The van der Waals surface area contributed by atoms with Gasteiger partial charge in [-0.1, -0.05) is 0 Å². The molecule has 0 unspecified atom stereocenters. The van der Waals surface area contributed by atoms with E-state index in [0.717, 1.165) is 33.5 Å². The Hall–Kier alpha value is -1.75. The molecule has 0 radical (unpaired) electrons. The summed E-state index contributed by atoms with van der Waals surface area (Å²) < 4.78 is 10.7. The zero-order valence-electron chi connectivity index (χ0n) is 10.9. The Morgan fingerprint density at radius 1 is 1.22 bits per heavy atom. The zero-order valence-corrected chi connectivity index (χ0v) is 11.7. The molecule has 0 atom stereocenters. The highest BCUT2D eigenvalue weighted by molar-refractivity contribution is 7.13. The van der Waals surface area contributed by atoms with Gasteiger partial charge in [-0.15, -0.1) is 11.3 Å². The molecule has 2 aromatic rings. The van der Waals surface area contributed by atoms with Crippen LogP contribution in [0.3, 0.4) is 0 Å². The van der Waals surface area contributed by atoms with E-state index in [1.54, 1.807) is 25.6 Å². The van der Waals surface area contributed by atoms with Crippen molar-refractivity contribution in [2.24, 2.45) is 0 Å². The Bertz CT molecular complexity index is 552. The number of nitrogens with one attached hydrogen (secondary N) is 1. The molecule has 0 bridgehead atoms. The molecule has 0 aliphatic heterocycles. The number of methoxy groups -OCH3 is 2. The SMILES string of the molecule is CNc1csc(-c2c(C)cc(OC)cc2OC)n1. The van der Waals surface area contributed by atoms with E-state index in [2.05, 4.69) is 10.3 Å². The van der Waals surface area contributed by atoms with Crippen LogP contribution in [0.2, 0.25) is 0 Å². The summed E-state index contributed by atoms with van der Waals surface area (Å²) in [4.78, 5) is 4.51. The predicted molar refractivity (Wildman–Crippen MR) is 74.9 cm³/mol. The van der Waals surface area contributed by atoms with E-state index in [-0.39, 0.29) is 0 Å². The van der Waals surface area contributed by atoms with Gasteiger partial charge in [0.15, 0.2) is 0 Å². The van der Waals surface area contributed by atoms with Crippen LogP contribution in [-0.4, -0.2) is 26.3 Å². The molecule has 1 aromatic carbocycles. The second kappa shape index (κ2) is 5.27. The highest BCUT2D eigenvalue weighted by Crippen LogP contribution is 2.38. The van der Waals surface area contributed by atoms with Crippen LogP contribution in [0, 0.1) is 6.92 Å². The number of anilines is 1. The van der Waals surface area contributed by atoms with Gasteiger partial charge in [0.1, 0.15) is 22.3 Å². The lowest BCUT2D eigenvalue weighted by molar-refractivity contribution is 0.395. The Kier molecular flexibility index (Phi) is 3.72. The number of ether oxygens (including phenoxy) is 2. The average Bonchev–Trinajstić information content (AvgIpc) is 2.85. The number of aryl methyl sites for hydroxylation is 1. The quantitative estimate of drug-likeness (QED) is 0.921. The number of aromatic nitrogens is 1. The van der Waals surface area contributed by atoms with E-state index < -0.39 is 0 Å². The second-order valence-corrected chi connectivity index (χ2v) is 4.67. The van der Waals surface area contributed by atoms with Crippen molar-refractivity contribution in [2.75, 3.05) is 26.6 Å². The van der Waals surface area contributed by atoms with Crippen molar-refractivity contribution in [2.45, 2.75) is 6.92 Å². The first-order chi connectivity index (χ1) is 8.69. The van der Waals surface area contributed by atoms with Crippen LogP contribution in [0.25, 0.3) is 10.6 Å². The number of benzene rings is 1. The van der Waals surface area contributed by atoms with Gasteiger partial charge in [0.25, 0.3) is 0 Å². The van der Waals surface area contributed by atoms with Crippen molar-refractivity contribution in [3.8, 4) is 22.1 Å². The molecule has 18 heavy (non-hydrogen) atoms. The smallest absolute Gasteiger partial charge is 0.137 e. The van der Waals surface area contributed by atoms with Gasteiger partial charge in [0, 0.05) is 18.5 Å². The maximum atomic E-state index is 5.43. The van der Waals surface area contributed by atoms with Gasteiger partial charge in [0.2, 0.25) is 0 Å². The van der Waals surface area contributed by atoms with Gasteiger partial charge < -0.3 is 14.8 Å². The number of nitrogens with zero attached hydrogens (tertiary/aromatic N) is 1. The molecule has 96 valence electrons. The first-order valence-corrected chi connectivity index (χ1v) is 6.43. The van der Waals surface area contributed by atoms with E-state index >= 15 is 0 Å². The Labute approximate surface area is 111 Å². The molecular formula is C13H16N2O2S. The van der Waals surface area contributed by atoms with Crippen LogP contribution >= 0.6 is 11.3 Å². The maximum Gasteiger partial charge on any atom is 0.137 e. The lowest BCUT2D eigenvalue weighted by Crippen LogP contribution is -1.94. The second-order valence-electron chi connectivity index (χ2n) is 3.81. The van der Waals surface area contributed by atoms with Gasteiger partial charge in [-0.05, 0) is 18.6 Å². The Morgan fingerprint density at radius 3 is 2.56 bits per heavy atom. The summed E-state index contributed by atoms with van der Waals surface area (Å²) in [6.45, 7) is 2.03. The van der Waals surface area contributed by atoms with Crippen LogP contribution in [0.15, 0.2) is 17.5 Å². The number of hydrogen-bond donors (Lipinski definition) is 1. The molecule has 1 heterocycles. The van der Waals surface area contributed by atoms with E-state index in [4.69, 9.17) is 9.47 Å². The topological polar surface area (TPSA) is 43.4 Å². The highest BCUT2D eigenvalue weighted by atomic mass is 32.1.